The van der Waals surface area contributed by atoms with Crippen LogP contribution in [0.1, 0.15) is 44.9 Å². The molecule has 8 heteroatoms. The molecule has 1 aliphatic carbocycles. The lowest BCUT2D eigenvalue weighted by Gasteiger charge is -2.22. The van der Waals surface area contributed by atoms with Gasteiger partial charge < -0.3 is 16.0 Å². The molecule has 0 aromatic carbocycles. The van der Waals surface area contributed by atoms with Crippen LogP contribution >= 0.6 is 24.0 Å². The third-order valence-electron chi connectivity index (χ3n) is 4.25. The average molecular weight is 462 g/mol. The molecule has 0 radical (unpaired) electrons. The zero-order valence-corrected chi connectivity index (χ0v) is 17.4. The fourth-order valence-corrected chi connectivity index (χ4v) is 2.94. The first-order valence-corrected chi connectivity index (χ1v) is 8.99. The maximum absolute atomic E-state index is 12.0. The van der Waals surface area contributed by atoms with E-state index in [1.54, 1.807) is 13.2 Å². The number of carbonyl (C=O) groups is 1. The highest BCUT2D eigenvalue weighted by molar-refractivity contribution is 14.0. The molecule has 1 aromatic heterocycles. The number of amides is 1. The molecule has 0 unspecified atom stereocenters. The number of aromatic nitrogens is 2. The third kappa shape index (κ3) is 9.08. The van der Waals surface area contributed by atoms with E-state index in [-0.39, 0.29) is 29.9 Å². The molecule has 0 spiro atoms. The van der Waals surface area contributed by atoms with Crippen molar-refractivity contribution in [2.75, 3.05) is 20.1 Å². The Hall–Kier alpha value is -1.32. The van der Waals surface area contributed by atoms with Crippen LogP contribution in [0.5, 0.6) is 0 Å². The summed E-state index contributed by atoms with van der Waals surface area (Å²) in [4.78, 5) is 16.1. The monoisotopic (exact) mass is 462 g/mol. The van der Waals surface area contributed by atoms with Crippen molar-refractivity contribution in [1.29, 1.82) is 0 Å². The molecule has 7 nitrogen and oxygen atoms in total. The van der Waals surface area contributed by atoms with Crippen molar-refractivity contribution in [3.8, 4) is 0 Å². The molecule has 1 aromatic rings. The van der Waals surface area contributed by atoms with E-state index < -0.39 is 0 Å². The molecular weight excluding hydrogens is 431 g/mol. The number of carbonyl (C=O) groups excluding carboxylic acids is 1. The molecule has 1 aliphatic rings. The van der Waals surface area contributed by atoms with Gasteiger partial charge in [-0.05, 0) is 25.3 Å². The van der Waals surface area contributed by atoms with Gasteiger partial charge in [-0.3, -0.25) is 14.5 Å². The van der Waals surface area contributed by atoms with Crippen LogP contribution in [0.4, 0.5) is 0 Å². The predicted molar refractivity (Wildman–Crippen MR) is 111 cm³/mol. The Bertz CT molecular complexity index is 499. The smallest absolute Gasteiger partial charge is 0.221 e. The summed E-state index contributed by atoms with van der Waals surface area (Å²) < 4.78 is 1.91. The van der Waals surface area contributed by atoms with Crippen molar-refractivity contribution in [1.82, 2.24) is 25.7 Å². The summed E-state index contributed by atoms with van der Waals surface area (Å²) in [6.07, 6.45) is 11.2. The summed E-state index contributed by atoms with van der Waals surface area (Å²) in [5.74, 6) is 0.865. The fraction of sp³-hybridized carbons (Fsp3) is 0.706. The van der Waals surface area contributed by atoms with E-state index in [1.165, 1.54) is 19.3 Å². The van der Waals surface area contributed by atoms with Gasteiger partial charge >= 0.3 is 0 Å². The summed E-state index contributed by atoms with van der Waals surface area (Å²) in [6.45, 7) is 2.28. The largest absolute Gasteiger partial charge is 0.356 e. The molecule has 0 saturated heterocycles. The lowest BCUT2D eigenvalue weighted by atomic mass is 9.95. The van der Waals surface area contributed by atoms with Crippen LogP contribution < -0.4 is 16.0 Å². The fourth-order valence-electron chi connectivity index (χ4n) is 2.94. The van der Waals surface area contributed by atoms with Gasteiger partial charge in [0.05, 0.1) is 0 Å². The lowest BCUT2D eigenvalue weighted by Crippen LogP contribution is -2.41. The summed E-state index contributed by atoms with van der Waals surface area (Å²) in [5, 5.41) is 13.7. The van der Waals surface area contributed by atoms with Crippen LogP contribution in [0.25, 0.3) is 0 Å². The lowest BCUT2D eigenvalue weighted by molar-refractivity contribution is -0.121. The zero-order valence-electron chi connectivity index (χ0n) is 15.0. The molecule has 2 rings (SSSR count). The van der Waals surface area contributed by atoms with Gasteiger partial charge in [-0.1, -0.05) is 19.3 Å². The Morgan fingerprint density at radius 2 is 2.00 bits per heavy atom. The minimum Gasteiger partial charge on any atom is -0.356 e. The highest BCUT2D eigenvalue weighted by Crippen LogP contribution is 2.17. The van der Waals surface area contributed by atoms with Crippen molar-refractivity contribution in [2.45, 2.75) is 57.5 Å². The van der Waals surface area contributed by atoms with E-state index in [9.17, 15) is 4.79 Å². The molecule has 1 heterocycles. The maximum atomic E-state index is 12.0. The second-order valence-electron chi connectivity index (χ2n) is 6.20. The molecule has 0 atom stereocenters. The summed E-state index contributed by atoms with van der Waals surface area (Å²) in [7, 11) is 1.74. The number of guanidine groups is 1. The van der Waals surface area contributed by atoms with Gasteiger partial charge in [0.2, 0.25) is 5.91 Å². The Kier molecular flexibility index (Phi) is 11.3. The van der Waals surface area contributed by atoms with Crippen LogP contribution in [0.15, 0.2) is 23.5 Å². The maximum Gasteiger partial charge on any atom is 0.221 e. The van der Waals surface area contributed by atoms with E-state index in [0.29, 0.717) is 19.0 Å². The number of nitrogens with zero attached hydrogens (tertiary/aromatic N) is 3. The van der Waals surface area contributed by atoms with E-state index in [4.69, 9.17) is 0 Å². The van der Waals surface area contributed by atoms with Crippen LogP contribution in [-0.4, -0.2) is 47.8 Å². The van der Waals surface area contributed by atoms with Crippen molar-refractivity contribution in [2.24, 2.45) is 4.99 Å². The Morgan fingerprint density at radius 3 is 2.68 bits per heavy atom. The molecule has 1 saturated carbocycles. The molecule has 142 valence electrons. The van der Waals surface area contributed by atoms with Crippen molar-refractivity contribution in [3.63, 3.8) is 0 Å². The Morgan fingerprint density at radius 1 is 1.24 bits per heavy atom. The number of hydrogen-bond acceptors (Lipinski definition) is 3. The standard InChI is InChI=1S/C17H30N6O.HI/c1-18-17(19-10-5-13-23-14-6-11-21-23)20-12-9-16(24)22-15-7-3-2-4-8-15;/h6,11,14-15H,2-5,7-10,12-13H2,1H3,(H,22,24)(H2,18,19,20);1H. The number of aliphatic imine (C=N–C) groups is 1. The Labute approximate surface area is 167 Å². The van der Waals surface area contributed by atoms with Gasteiger partial charge in [0.1, 0.15) is 0 Å². The van der Waals surface area contributed by atoms with E-state index >= 15 is 0 Å². The second-order valence-corrected chi connectivity index (χ2v) is 6.20. The minimum absolute atomic E-state index is 0. The summed E-state index contributed by atoms with van der Waals surface area (Å²) in [6, 6.07) is 2.30. The molecule has 25 heavy (non-hydrogen) atoms. The van der Waals surface area contributed by atoms with Crippen LogP contribution in [0, 0.1) is 0 Å². The van der Waals surface area contributed by atoms with Crippen molar-refractivity contribution >= 4 is 35.8 Å². The van der Waals surface area contributed by atoms with Crippen LogP contribution in [0.2, 0.25) is 0 Å². The second kappa shape index (κ2) is 13.0. The van der Waals surface area contributed by atoms with Gasteiger partial charge in [0.15, 0.2) is 5.96 Å². The SMILES string of the molecule is CN=C(NCCCn1cccn1)NCCC(=O)NC1CCCCC1.I. The van der Waals surface area contributed by atoms with Gasteiger partial charge in [-0.25, -0.2) is 0 Å². The van der Waals surface area contributed by atoms with Gasteiger partial charge in [0.25, 0.3) is 0 Å². The first kappa shape index (κ1) is 21.7. The first-order valence-electron chi connectivity index (χ1n) is 8.99. The number of rotatable bonds is 8. The zero-order chi connectivity index (χ0) is 17.0. The minimum atomic E-state index is 0. The number of halogens is 1. The highest BCUT2D eigenvalue weighted by atomic mass is 127. The summed E-state index contributed by atoms with van der Waals surface area (Å²) in [5.41, 5.74) is 0. The van der Waals surface area contributed by atoms with Gasteiger partial charge in [-0.2, -0.15) is 5.10 Å². The molecule has 1 amide bonds. The first-order chi connectivity index (χ1) is 11.8. The molecule has 0 aliphatic heterocycles. The van der Waals surface area contributed by atoms with Gasteiger partial charge in [0, 0.05) is 51.5 Å². The highest BCUT2D eigenvalue weighted by Gasteiger charge is 2.15. The third-order valence-corrected chi connectivity index (χ3v) is 4.25. The normalized spacial score (nSPS) is 15.3. The van der Waals surface area contributed by atoms with Gasteiger partial charge in [-0.15, -0.1) is 24.0 Å². The van der Waals surface area contributed by atoms with E-state index in [1.807, 2.05) is 16.9 Å². The van der Waals surface area contributed by atoms with E-state index in [2.05, 4.69) is 26.0 Å². The van der Waals surface area contributed by atoms with Crippen LogP contribution in [0.3, 0.4) is 0 Å². The number of nitrogens with one attached hydrogen (secondary N) is 3. The number of aryl methyl sites for hydroxylation is 1. The topological polar surface area (TPSA) is 83.3 Å². The number of hydrogen-bond donors (Lipinski definition) is 3. The predicted octanol–water partition coefficient (Wildman–Crippen LogP) is 1.90. The molecule has 0 bridgehead atoms. The molecule has 1 fully saturated rings. The average Bonchev–Trinajstić information content (AvgIpc) is 3.11. The molecular formula is C17H31IN6O. The quantitative estimate of drug-likeness (QED) is 0.239. The van der Waals surface area contributed by atoms with Crippen LogP contribution in [-0.2, 0) is 11.3 Å². The molecule has 3 N–H and O–H groups in total. The van der Waals surface area contributed by atoms with Crippen molar-refractivity contribution < 1.29 is 4.79 Å². The van der Waals surface area contributed by atoms with E-state index in [0.717, 1.165) is 38.3 Å². The van der Waals surface area contributed by atoms with Crippen molar-refractivity contribution in [3.05, 3.63) is 18.5 Å². The Balaban J connectivity index is 0.00000312. The summed E-state index contributed by atoms with van der Waals surface area (Å²) >= 11 is 0.